The minimum absolute atomic E-state index is 0.471. The molecule has 2 atom stereocenters. The van der Waals surface area contributed by atoms with Crippen LogP contribution in [0.1, 0.15) is 63.5 Å². The van der Waals surface area contributed by atoms with Gasteiger partial charge in [-0.2, -0.15) is 0 Å². The van der Waals surface area contributed by atoms with Crippen LogP contribution in [0.25, 0.3) is 0 Å². The summed E-state index contributed by atoms with van der Waals surface area (Å²) < 4.78 is 0. The van der Waals surface area contributed by atoms with E-state index < -0.39 is 0 Å². The number of hydrogen-bond acceptors (Lipinski definition) is 1. The fourth-order valence-corrected chi connectivity index (χ4v) is 3.53. The molecule has 1 aromatic rings. The van der Waals surface area contributed by atoms with Gasteiger partial charge in [-0.3, -0.25) is 0 Å². The molecule has 0 heterocycles. The van der Waals surface area contributed by atoms with Crippen LogP contribution in [0.4, 0.5) is 0 Å². The molecule has 19 heavy (non-hydrogen) atoms. The Morgan fingerprint density at radius 1 is 1.21 bits per heavy atom. The first-order valence-electron chi connectivity index (χ1n) is 7.84. The van der Waals surface area contributed by atoms with Gasteiger partial charge < -0.3 is 5.73 Å². The van der Waals surface area contributed by atoms with Gasteiger partial charge in [0.25, 0.3) is 0 Å². The third kappa shape index (κ3) is 3.60. The molecule has 0 aromatic heterocycles. The number of benzene rings is 1. The Morgan fingerprint density at radius 2 is 1.89 bits per heavy atom. The van der Waals surface area contributed by atoms with Gasteiger partial charge in [0.15, 0.2) is 0 Å². The standard InChI is InChI=1S/C18H29N/c1-4-5-14-6-8-15(9-7-14)17-12-18(2,3)11-10-16(17)13-19/h6-9,16-17H,4-5,10-13,19H2,1-3H3. The lowest BCUT2D eigenvalue weighted by molar-refractivity contribution is 0.165. The van der Waals surface area contributed by atoms with Crippen molar-refractivity contribution in [1.82, 2.24) is 0 Å². The van der Waals surface area contributed by atoms with E-state index in [0.29, 0.717) is 17.3 Å². The Morgan fingerprint density at radius 3 is 2.47 bits per heavy atom. The Labute approximate surface area is 118 Å². The molecular weight excluding hydrogens is 230 g/mol. The SMILES string of the molecule is CCCc1ccc(C2CC(C)(C)CCC2CN)cc1. The van der Waals surface area contributed by atoms with Gasteiger partial charge in [-0.1, -0.05) is 51.5 Å². The zero-order valence-corrected chi connectivity index (χ0v) is 12.8. The molecule has 106 valence electrons. The van der Waals surface area contributed by atoms with Crippen LogP contribution in [-0.2, 0) is 6.42 Å². The van der Waals surface area contributed by atoms with E-state index >= 15 is 0 Å². The van der Waals surface area contributed by atoms with E-state index in [1.807, 2.05) is 0 Å². The maximum absolute atomic E-state index is 6.00. The second-order valence-corrected chi connectivity index (χ2v) is 7.00. The van der Waals surface area contributed by atoms with E-state index in [0.717, 1.165) is 6.54 Å². The van der Waals surface area contributed by atoms with Gasteiger partial charge in [0, 0.05) is 0 Å². The van der Waals surface area contributed by atoms with Crippen LogP contribution in [0, 0.1) is 11.3 Å². The van der Waals surface area contributed by atoms with Crippen molar-refractivity contribution in [2.24, 2.45) is 17.1 Å². The average Bonchev–Trinajstić information content (AvgIpc) is 2.39. The number of rotatable bonds is 4. The van der Waals surface area contributed by atoms with Crippen molar-refractivity contribution < 1.29 is 0 Å². The fourth-order valence-electron chi connectivity index (χ4n) is 3.53. The van der Waals surface area contributed by atoms with Crippen molar-refractivity contribution in [2.75, 3.05) is 6.54 Å². The van der Waals surface area contributed by atoms with Gasteiger partial charge in [0.2, 0.25) is 0 Å². The van der Waals surface area contributed by atoms with Gasteiger partial charge in [0.1, 0.15) is 0 Å². The van der Waals surface area contributed by atoms with E-state index in [1.165, 1.54) is 43.2 Å². The quantitative estimate of drug-likeness (QED) is 0.846. The summed E-state index contributed by atoms with van der Waals surface area (Å²) in [6.45, 7) is 7.87. The molecule has 0 amide bonds. The molecule has 1 aliphatic rings. The molecule has 0 radical (unpaired) electrons. The zero-order chi connectivity index (χ0) is 13.9. The van der Waals surface area contributed by atoms with Crippen molar-refractivity contribution in [3.8, 4) is 0 Å². The molecule has 1 fully saturated rings. The lowest BCUT2D eigenvalue weighted by Gasteiger charge is -2.40. The largest absolute Gasteiger partial charge is 0.330 e. The van der Waals surface area contributed by atoms with Gasteiger partial charge in [-0.05, 0) is 60.6 Å². The monoisotopic (exact) mass is 259 g/mol. The maximum Gasteiger partial charge on any atom is -0.00430 e. The molecule has 1 aromatic carbocycles. The molecule has 0 saturated heterocycles. The topological polar surface area (TPSA) is 26.0 Å². The third-order valence-electron chi connectivity index (χ3n) is 4.78. The highest BCUT2D eigenvalue weighted by Crippen LogP contribution is 2.46. The predicted molar refractivity (Wildman–Crippen MR) is 83.4 cm³/mol. The molecule has 1 saturated carbocycles. The van der Waals surface area contributed by atoms with Crippen LogP contribution < -0.4 is 5.73 Å². The summed E-state index contributed by atoms with van der Waals surface area (Å²) in [5.74, 6) is 1.33. The summed E-state index contributed by atoms with van der Waals surface area (Å²) >= 11 is 0. The first kappa shape index (κ1) is 14.6. The maximum atomic E-state index is 6.00. The Bertz CT molecular complexity index is 391. The van der Waals surface area contributed by atoms with Crippen molar-refractivity contribution in [3.05, 3.63) is 35.4 Å². The smallest absolute Gasteiger partial charge is 0.00430 e. The van der Waals surface area contributed by atoms with E-state index in [9.17, 15) is 0 Å². The van der Waals surface area contributed by atoms with Crippen LogP contribution in [0.15, 0.2) is 24.3 Å². The highest BCUT2D eigenvalue weighted by Gasteiger charge is 2.34. The first-order chi connectivity index (χ1) is 9.05. The zero-order valence-electron chi connectivity index (χ0n) is 12.8. The van der Waals surface area contributed by atoms with Gasteiger partial charge >= 0.3 is 0 Å². The molecule has 2 N–H and O–H groups in total. The number of hydrogen-bond donors (Lipinski definition) is 1. The summed E-state index contributed by atoms with van der Waals surface area (Å²) in [7, 11) is 0. The second kappa shape index (κ2) is 6.09. The number of aryl methyl sites for hydroxylation is 1. The highest BCUT2D eigenvalue weighted by atomic mass is 14.6. The molecule has 0 spiro atoms. The Hall–Kier alpha value is -0.820. The molecule has 2 rings (SSSR count). The van der Waals surface area contributed by atoms with E-state index in [-0.39, 0.29) is 0 Å². The van der Waals surface area contributed by atoms with E-state index in [2.05, 4.69) is 45.0 Å². The predicted octanol–water partition coefficient (Wildman–Crippen LogP) is 4.51. The summed E-state index contributed by atoms with van der Waals surface area (Å²) in [6, 6.07) is 9.32. The lowest BCUT2D eigenvalue weighted by Crippen LogP contribution is -2.32. The molecule has 0 bridgehead atoms. The van der Waals surface area contributed by atoms with Crippen molar-refractivity contribution in [1.29, 1.82) is 0 Å². The molecule has 1 nitrogen and oxygen atoms in total. The van der Waals surface area contributed by atoms with Crippen LogP contribution in [-0.4, -0.2) is 6.54 Å². The summed E-state index contributed by atoms with van der Waals surface area (Å²) in [4.78, 5) is 0. The first-order valence-corrected chi connectivity index (χ1v) is 7.84. The van der Waals surface area contributed by atoms with Crippen LogP contribution in [0.2, 0.25) is 0 Å². The Kier molecular flexibility index (Phi) is 4.67. The minimum Gasteiger partial charge on any atom is -0.330 e. The van der Waals surface area contributed by atoms with Crippen LogP contribution in [0.3, 0.4) is 0 Å². The Balaban J connectivity index is 2.16. The van der Waals surface area contributed by atoms with Crippen LogP contribution in [0.5, 0.6) is 0 Å². The van der Waals surface area contributed by atoms with Crippen LogP contribution >= 0.6 is 0 Å². The average molecular weight is 259 g/mol. The molecule has 0 aliphatic heterocycles. The second-order valence-electron chi connectivity index (χ2n) is 7.00. The normalized spacial score (nSPS) is 26.3. The number of nitrogens with two attached hydrogens (primary N) is 1. The molecule has 1 aliphatic carbocycles. The minimum atomic E-state index is 0.471. The highest BCUT2D eigenvalue weighted by molar-refractivity contribution is 5.27. The van der Waals surface area contributed by atoms with Crippen molar-refractivity contribution in [2.45, 2.75) is 58.8 Å². The van der Waals surface area contributed by atoms with E-state index in [1.54, 1.807) is 0 Å². The van der Waals surface area contributed by atoms with Crippen molar-refractivity contribution >= 4 is 0 Å². The van der Waals surface area contributed by atoms with Gasteiger partial charge in [-0.25, -0.2) is 0 Å². The summed E-state index contributed by atoms with van der Waals surface area (Å²) in [5.41, 5.74) is 9.43. The third-order valence-corrected chi connectivity index (χ3v) is 4.78. The molecular formula is C18H29N. The van der Waals surface area contributed by atoms with Gasteiger partial charge in [-0.15, -0.1) is 0 Å². The van der Waals surface area contributed by atoms with E-state index in [4.69, 9.17) is 5.73 Å². The summed E-state index contributed by atoms with van der Waals surface area (Å²) in [6.07, 6.45) is 6.30. The molecule has 2 unspecified atom stereocenters. The summed E-state index contributed by atoms with van der Waals surface area (Å²) in [5, 5.41) is 0. The van der Waals surface area contributed by atoms with Crippen molar-refractivity contribution in [3.63, 3.8) is 0 Å². The fraction of sp³-hybridized carbons (Fsp3) is 0.667. The lowest BCUT2D eigenvalue weighted by atomic mass is 9.65. The molecule has 1 heteroatoms. The van der Waals surface area contributed by atoms with Gasteiger partial charge in [0.05, 0.1) is 0 Å².